The van der Waals surface area contributed by atoms with E-state index in [4.69, 9.17) is 9.84 Å². The van der Waals surface area contributed by atoms with E-state index in [0.29, 0.717) is 13.1 Å². The van der Waals surface area contributed by atoms with Crippen molar-refractivity contribution in [3.8, 4) is 5.75 Å². The number of hydrogen-bond donors (Lipinski definition) is 2. The lowest BCUT2D eigenvalue weighted by Gasteiger charge is -2.09. The molecule has 0 aliphatic carbocycles. The summed E-state index contributed by atoms with van der Waals surface area (Å²) >= 11 is 0. The zero-order chi connectivity index (χ0) is 14.7. The molecule has 1 aromatic rings. The smallest absolute Gasteiger partial charge is 0.325 e. The molecule has 6 nitrogen and oxygen atoms in total. The molecular formula is C14H18N2O4. The Bertz CT molecular complexity index is 500. The fraction of sp³-hybridized carbons (Fsp3) is 0.429. The summed E-state index contributed by atoms with van der Waals surface area (Å²) in [6.07, 6.45) is 0. The summed E-state index contributed by atoms with van der Waals surface area (Å²) in [7, 11) is 1.61. The Labute approximate surface area is 117 Å². The van der Waals surface area contributed by atoms with Gasteiger partial charge in [0, 0.05) is 13.1 Å². The van der Waals surface area contributed by atoms with E-state index in [1.54, 1.807) is 7.11 Å². The van der Waals surface area contributed by atoms with Gasteiger partial charge in [-0.1, -0.05) is 12.1 Å². The normalized spacial score (nSPS) is 21.9. The van der Waals surface area contributed by atoms with E-state index in [9.17, 15) is 9.59 Å². The van der Waals surface area contributed by atoms with Crippen LogP contribution in [0.15, 0.2) is 24.3 Å². The zero-order valence-electron chi connectivity index (χ0n) is 11.5. The van der Waals surface area contributed by atoms with Gasteiger partial charge in [0.05, 0.1) is 7.11 Å². The third-order valence-electron chi connectivity index (χ3n) is 3.29. The predicted octanol–water partition coefficient (Wildman–Crippen LogP) is 0.469. The van der Waals surface area contributed by atoms with Gasteiger partial charge in [0.2, 0.25) is 5.91 Å². The molecule has 1 aromatic carbocycles. The van der Waals surface area contributed by atoms with E-state index in [-0.39, 0.29) is 11.9 Å². The number of methoxy groups -OCH3 is 1. The van der Waals surface area contributed by atoms with Gasteiger partial charge in [-0.2, -0.15) is 0 Å². The van der Waals surface area contributed by atoms with Gasteiger partial charge < -0.3 is 15.2 Å². The van der Waals surface area contributed by atoms with Gasteiger partial charge in [-0.15, -0.1) is 0 Å². The second-order valence-electron chi connectivity index (χ2n) is 4.86. The van der Waals surface area contributed by atoms with E-state index >= 15 is 0 Å². The lowest BCUT2D eigenvalue weighted by molar-refractivity contribution is -0.141. The minimum absolute atomic E-state index is 0.223. The SMILES string of the molecule is COc1ccc(CN2CC2C(=O)NC(C)C(=O)O)cc1. The second kappa shape index (κ2) is 5.92. The molecule has 0 radical (unpaired) electrons. The van der Waals surface area contributed by atoms with Gasteiger partial charge >= 0.3 is 5.97 Å². The maximum atomic E-state index is 11.8. The first-order valence-corrected chi connectivity index (χ1v) is 6.41. The first kappa shape index (κ1) is 14.3. The quantitative estimate of drug-likeness (QED) is 0.740. The molecule has 3 atom stereocenters. The summed E-state index contributed by atoms with van der Waals surface area (Å²) in [4.78, 5) is 24.4. The number of benzene rings is 1. The minimum Gasteiger partial charge on any atom is -0.497 e. The fourth-order valence-electron chi connectivity index (χ4n) is 1.94. The number of ether oxygens (including phenoxy) is 1. The highest BCUT2D eigenvalue weighted by molar-refractivity contribution is 5.88. The van der Waals surface area contributed by atoms with Crippen LogP contribution >= 0.6 is 0 Å². The average molecular weight is 278 g/mol. The Morgan fingerprint density at radius 2 is 2.10 bits per heavy atom. The highest BCUT2D eigenvalue weighted by Gasteiger charge is 2.40. The van der Waals surface area contributed by atoms with Crippen LogP contribution in [0, 0.1) is 0 Å². The summed E-state index contributed by atoms with van der Waals surface area (Å²) in [5.41, 5.74) is 1.09. The summed E-state index contributed by atoms with van der Waals surface area (Å²) in [6.45, 7) is 2.78. The molecule has 6 heteroatoms. The van der Waals surface area contributed by atoms with Crippen LogP contribution in [0.5, 0.6) is 5.75 Å². The highest BCUT2D eigenvalue weighted by atomic mass is 16.5. The molecule has 1 aliphatic rings. The van der Waals surface area contributed by atoms with Gasteiger partial charge in [0.15, 0.2) is 0 Å². The van der Waals surface area contributed by atoms with Crippen molar-refractivity contribution < 1.29 is 19.4 Å². The van der Waals surface area contributed by atoms with Crippen LogP contribution in [-0.2, 0) is 16.1 Å². The number of carboxylic acids is 1. The molecule has 1 amide bonds. The Morgan fingerprint density at radius 1 is 1.45 bits per heavy atom. The molecule has 0 aromatic heterocycles. The van der Waals surface area contributed by atoms with E-state index in [0.717, 1.165) is 11.3 Å². The number of carbonyl (C=O) groups excluding carboxylic acids is 1. The van der Waals surface area contributed by atoms with Crippen LogP contribution in [0.3, 0.4) is 0 Å². The molecule has 2 N–H and O–H groups in total. The first-order chi connectivity index (χ1) is 9.51. The monoisotopic (exact) mass is 278 g/mol. The lowest BCUT2D eigenvalue weighted by atomic mass is 10.2. The Balaban J connectivity index is 1.82. The Kier molecular flexibility index (Phi) is 4.24. The van der Waals surface area contributed by atoms with E-state index < -0.39 is 12.0 Å². The summed E-state index contributed by atoms with van der Waals surface area (Å²) in [5.74, 6) is -0.460. The first-order valence-electron chi connectivity index (χ1n) is 6.41. The summed E-state index contributed by atoms with van der Waals surface area (Å²) < 4.78 is 5.08. The number of carbonyl (C=O) groups is 2. The van der Waals surface area contributed by atoms with Crippen molar-refractivity contribution in [3.63, 3.8) is 0 Å². The Hall–Kier alpha value is -2.08. The molecule has 0 spiro atoms. The molecule has 0 saturated carbocycles. The average Bonchev–Trinajstić information content (AvgIpc) is 3.18. The third-order valence-corrected chi connectivity index (χ3v) is 3.29. The zero-order valence-corrected chi connectivity index (χ0v) is 11.5. The lowest BCUT2D eigenvalue weighted by Crippen LogP contribution is -2.41. The maximum Gasteiger partial charge on any atom is 0.325 e. The molecule has 1 heterocycles. The van der Waals surface area contributed by atoms with Crippen molar-refractivity contribution >= 4 is 11.9 Å². The van der Waals surface area contributed by atoms with Crippen LogP contribution in [0.4, 0.5) is 0 Å². The van der Waals surface area contributed by atoms with E-state index in [1.807, 2.05) is 29.2 Å². The number of hydrogen-bond acceptors (Lipinski definition) is 4. The van der Waals surface area contributed by atoms with Gasteiger partial charge in [0.25, 0.3) is 0 Å². The van der Waals surface area contributed by atoms with E-state index in [1.165, 1.54) is 6.92 Å². The Morgan fingerprint density at radius 3 is 2.65 bits per heavy atom. The molecule has 3 unspecified atom stereocenters. The van der Waals surface area contributed by atoms with Crippen molar-refractivity contribution in [2.75, 3.05) is 13.7 Å². The van der Waals surface area contributed by atoms with Crippen molar-refractivity contribution in [1.82, 2.24) is 10.2 Å². The number of amides is 1. The highest BCUT2D eigenvalue weighted by Crippen LogP contribution is 2.22. The van der Waals surface area contributed by atoms with Crippen molar-refractivity contribution in [2.24, 2.45) is 0 Å². The number of carboxylic acid groups (broad SMARTS) is 1. The topological polar surface area (TPSA) is 78.6 Å². The largest absolute Gasteiger partial charge is 0.497 e. The van der Waals surface area contributed by atoms with Crippen LogP contribution in [0.25, 0.3) is 0 Å². The molecule has 1 fully saturated rings. The fourth-order valence-corrected chi connectivity index (χ4v) is 1.94. The van der Waals surface area contributed by atoms with Gasteiger partial charge in [-0.05, 0) is 24.6 Å². The molecule has 108 valence electrons. The predicted molar refractivity (Wildman–Crippen MR) is 72.4 cm³/mol. The third kappa shape index (κ3) is 3.48. The van der Waals surface area contributed by atoms with Crippen LogP contribution in [0.1, 0.15) is 12.5 Å². The summed E-state index contributed by atoms with van der Waals surface area (Å²) in [5, 5.41) is 11.2. The molecule has 0 bridgehead atoms. The minimum atomic E-state index is -1.03. The van der Waals surface area contributed by atoms with Gasteiger partial charge in [0.1, 0.15) is 17.8 Å². The molecule has 1 aliphatic heterocycles. The number of aliphatic carboxylic acids is 1. The summed E-state index contributed by atoms with van der Waals surface area (Å²) in [6, 6.07) is 6.57. The van der Waals surface area contributed by atoms with Crippen molar-refractivity contribution in [2.45, 2.75) is 25.6 Å². The number of nitrogens with zero attached hydrogens (tertiary/aromatic N) is 1. The number of nitrogens with one attached hydrogen (secondary N) is 1. The van der Waals surface area contributed by atoms with Crippen molar-refractivity contribution in [3.05, 3.63) is 29.8 Å². The van der Waals surface area contributed by atoms with Crippen LogP contribution < -0.4 is 10.1 Å². The van der Waals surface area contributed by atoms with Gasteiger partial charge in [-0.3, -0.25) is 14.5 Å². The number of rotatable bonds is 6. The molecule has 20 heavy (non-hydrogen) atoms. The van der Waals surface area contributed by atoms with Crippen LogP contribution in [-0.4, -0.2) is 47.6 Å². The van der Waals surface area contributed by atoms with Gasteiger partial charge in [-0.25, -0.2) is 0 Å². The molecule has 2 rings (SSSR count). The molecule has 1 saturated heterocycles. The van der Waals surface area contributed by atoms with Crippen LogP contribution in [0.2, 0.25) is 0 Å². The van der Waals surface area contributed by atoms with E-state index in [2.05, 4.69) is 5.32 Å². The standard InChI is InChI=1S/C14H18N2O4/c1-9(14(18)19)15-13(17)12-8-16(12)7-10-3-5-11(20-2)6-4-10/h3-6,9,12H,7-8H2,1-2H3,(H,15,17)(H,18,19). The maximum absolute atomic E-state index is 11.8. The van der Waals surface area contributed by atoms with Crippen molar-refractivity contribution in [1.29, 1.82) is 0 Å². The molecular weight excluding hydrogens is 260 g/mol. The second-order valence-corrected chi connectivity index (χ2v) is 4.86.